The van der Waals surface area contributed by atoms with Gasteiger partial charge in [-0.1, -0.05) is 0 Å². The van der Waals surface area contributed by atoms with Crippen molar-refractivity contribution in [3.8, 4) is 0 Å². The van der Waals surface area contributed by atoms with Crippen molar-refractivity contribution in [1.29, 1.82) is 0 Å². The van der Waals surface area contributed by atoms with Gasteiger partial charge in [0.2, 0.25) is 0 Å². The van der Waals surface area contributed by atoms with Gasteiger partial charge in [-0.25, -0.2) is 13.6 Å². The largest absolute Gasteiger partial charge is 0.465 e. The third-order valence-corrected chi connectivity index (χ3v) is 2.97. The molecule has 1 fully saturated rings. The molecular formula is C12H14F2N2O2. The summed E-state index contributed by atoms with van der Waals surface area (Å²) >= 11 is 0. The Hall–Kier alpha value is -1.69. The lowest BCUT2D eigenvalue weighted by molar-refractivity contribution is 0.103. The average molecular weight is 256 g/mol. The van der Waals surface area contributed by atoms with Crippen LogP contribution in [0.2, 0.25) is 0 Å². The van der Waals surface area contributed by atoms with Gasteiger partial charge in [0.05, 0.1) is 0 Å². The quantitative estimate of drug-likeness (QED) is 0.876. The summed E-state index contributed by atoms with van der Waals surface area (Å²) in [7, 11) is 0. The predicted molar refractivity (Wildman–Crippen MR) is 61.2 cm³/mol. The van der Waals surface area contributed by atoms with Crippen LogP contribution in [0.4, 0.5) is 13.6 Å². The minimum atomic E-state index is -0.925. The summed E-state index contributed by atoms with van der Waals surface area (Å²) in [6.45, 7) is 2.43. The highest BCUT2D eigenvalue weighted by molar-refractivity contribution is 5.65. The molecule has 1 heterocycles. The molecule has 0 unspecified atom stereocenters. The molecule has 1 aromatic carbocycles. The van der Waals surface area contributed by atoms with E-state index < -0.39 is 17.7 Å². The van der Waals surface area contributed by atoms with Crippen LogP contribution in [0.15, 0.2) is 18.2 Å². The number of nitrogens with zero attached hydrogens (tertiary/aromatic N) is 2. The fourth-order valence-corrected chi connectivity index (χ4v) is 2.06. The Morgan fingerprint density at radius 3 is 2.17 bits per heavy atom. The van der Waals surface area contributed by atoms with Gasteiger partial charge in [-0.05, 0) is 17.7 Å². The molecule has 0 atom stereocenters. The maximum atomic E-state index is 13.0. The fourth-order valence-electron chi connectivity index (χ4n) is 2.06. The monoisotopic (exact) mass is 256 g/mol. The summed E-state index contributed by atoms with van der Waals surface area (Å²) in [5, 5.41) is 8.80. The second-order valence-electron chi connectivity index (χ2n) is 4.32. The number of benzene rings is 1. The first-order chi connectivity index (χ1) is 8.54. The molecule has 1 amide bonds. The van der Waals surface area contributed by atoms with E-state index >= 15 is 0 Å². The number of piperazine rings is 1. The van der Waals surface area contributed by atoms with Gasteiger partial charge in [-0.2, -0.15) is 0 Å². The number of carbonyl (C=O) groups is 1. The highest BCUT2D eigenvalue weighted by atomic mass is 19.1. The standard InChI is InChI=1S/C12H14F2N2O2/c13-10-5-9(6-11(14)7-10)8-15-1-3-16(4-2-15)12(17)18/h5-7H,1-4,8H2,(H,17,18). The van der Waals surface area contributed by atoms with Crippen LogP contribution in [0, 0.1) is 11.6 Å². The third kappa shape index (κ3) is 3.16. The molecule has 98 valence electrons. The lowest BCUT2D eigenvalue weighted by Gasteiger charge is -2.33. The first-order valence-electron chi connectivity index (χ1n) is 5.70. The predicted octanol–water partition coefficient (Wildman–Crippen LogP) is 1.76. The highest BCUT2D eigenvalue weighted by Crippen LogP contribution is 2.12. The zero-order valence-electron chi connectivity index (χ0n) is 9.77. The van der Waals surface area contributed by atoms with Crippen LogP contribution in [0.3, 0.4) is 0 Å². The molecule has 4 nitrogen and oxygen atoms in total. The van der Waals surface area contributed by atoms with Gasteiger partial charge < -0.3 is 10.0 Å². The van der Waals surface area contributed by atoms with E-state index in [1.54, 1.807) is 0 Å². The molecule has 0 saturated carbocycles. The summed E-state index contributed by atoms with van der Waals surface area (Å²) in [6, 6.07) is 3.44. The number of halogens is 2. The molecule has 0 aliphatic carbocycles. The summed E-state index contributed by atoms with van der Waals surface area (Å²) < 4.78 is 26.0. The number of hydrogen-bond donors (Lipinski definition) is 1. The van der Waals surface area contributed by atoms with Gasteiger partial charge in [0.25, 0.3) is 0 Å². The summed E-state index contributed by atoms with van der Waals surface area (Å²) in [4.78, 5) is 14.0. The number of rotatable bonds is 2. The van der Waals surface area contributed by atoms with E-state index in [1.807, 2.05) is 4.90 Å². The van der Waals surface area contributed by atoms with E-state index in [4.69, 9.17) is 5.11 Å². The summed E-state index contributed by atoms with van der Waals surface area (Å²) in [5.41, 5.74) is 0.566. The highest BCUT2D eigenvalue weighted by Gasteiger charge is 2.20. The summed E-state index contributed by atoms with van der Waals surface area (Å²) in [6.07, 6.45) is -0.925. The fraction of sp³-hybridized carbons (Fsp3) is 0.417. The van der Waals surface area contributed by atoms with E-state index in [0.29, 0.717) is 38.3 Å². The molecule has 1 aliphatic rings. The van der Waals surface area contributed by atoms with Gasteiger partial charge in [0.15, 0.2) is 0 Å². The molecule has 1 N–H and O–H groups in total. The number of carboxylic acid groups (broad SMARTS) is 1. The lowest BCUT2D eigenvalue weighted by Crippen LogP contribution is -2.47. The lowest BCUT2D eigenvalue weighted by atomic mass is 10.2. The van der Waals surface area contributed by atoms with Crippen LogP contribution in [-0.4, -0.2) is 47.2 Å². The smallest absolute Gasteiger partial charge is 0.407 e. The first kappa shape index (κ1) is 12.8. The maximum Gasteiger partial charge on any atom is 0.407 e. The van der Waals surface area contributed by atoms with E-state index in [0.717, 1.165) is 6.07 Å². The molecule has 0 aromatic heterocycles. The molecule has 0 radical (unpaired) electrons. The van der Waals surface area contributed by atoms with Crippen molar-refractivity contribution < 1.29 is 18.7 Å². The van der Waals surface area contributed by atoms with Crippen molar-refractivity contribution in [1.82, 2.24) is 9.80 Å². The van der Waals surface area contributed by atoms with Gasteiger partial charge in [0, 0.05) is 38.8 Å². The average Bonchev–Trinajstić information content (AvgIpc) is 2.28. The van der Waals surface area contributed by atoms with E-state index in [2.05, 4.69) is 0 Å². The molecular weight excluding hydrogens is 242 g/mol. The van der Waals surface area contributed by atoms with Crippen LogP contribution in [0.5, 0.6) is 0 Å². The van der Waals surface area contributed by atoms with Crippen LogP contribution in [0.1, 0.15) is 5.56 Å². The van der Waals surface area contributed by atoms with Crippen molar-refractivity contribution in [3.63, 3.8) is 0 Å². The molecule has 18 heavy (non-hydrogen) atoms. The number of hydrogen-bond acceptors (Lipinski definition) is 2. The van der Waals surface area contributed by atoms with Gasteiger partial charge in [0.1, 0.15) is 11.6 Å². The van der Waals surface area contributed by atoms with Gasteiger partial charge >= 0.3 is 6.09 Å². The zero-order valence-corrected chi connectivity index (χ0v) is 9.77. The van der Waals surface area contributed by atoms with Crippen molar-refractivity contribution in [2.45, 2.75) is 6.54 Å². The minimum Gasteiger partial charge on any atom is -0.465 e. The normalized spacial score (nSPS) is 16.9. The first-order valence-corrected chi connectivity index (χ1v) is 5.70. The maximum absolute atomic E-state index is 13.0. The Morgan fingerprint density at radius 2 is 1.67 bits per heavy atom. The molecule has 1 aliphatic heterocycles. The van der Waals surface area contributed by atoms with E-state index in [1.165, 1.54) is 17.0 Å². The van der Waals surface area contributed by atoms with E-state index in [-0.39, 0.29) is 0 Å². The van der Waals surface area contributed by atoms with Crippen LogP contribution < -0.4 is 0 Å². The second kappa shape index (κ2) is 5.30. The van der Waals surface area contributed by atoms with Crippen LogP contribution in [0.25, 0.3) is 0 Å². The molecule has 6 heteroatoms. The molecule has 2 rings (SSSR count). The SMILES string of the molecule is O=C(O)N1CCN(Cc2cc(F)cc(F)c2)CC1. The van der Waals surface area contributed by atoms with Crippen LogP contribution in [-0.2, 0) is 6.54 Å². The van der Waals surface area contributed by atoms with Crippen molar-refractivity contribution >= 4 is 6.09 Å². The van der Waals surface area contributed by atoms with Crippen molar-refractivity contribution in [3.05, 3.63) is 35.4 Å². The Morgan fingerprint density at radius 1 is 1.11 bits per heavy atom. The molecule has 1 aromatic rings. The Kier molecular flexibility index (Phi) is 3.76. The van der Waals surface area contributed by atoms with Crippen molar-refractivity contribution in [2.24, 2.45) is 0 Å². The minimum absolute atomic E-state index is 0.424. The zero-order chi connectivity index (χ0) is 13.1. The third-order valence-electron chi connectivity index (χ3n) is 2.97. The van der Waals surface area contributed by atoms with Crippen molar-refractivity contribution in [2.75, 3.05) is 26.2 Å². The molecule has 0 spiro atoms. The van der Waals surface area contributed by atoms with Gasteiger partial charge in [-0.15, -0.1) is 0 Å². The Bertz CT molecular complexity index is 425. The molecule has 1 saturated heterocycles. The van der Waals surface area contributed by atoms with Gasteiger partial charge in [-0.3, -0.25) is 4.90 Å². The van der Waals surface area contributed by atoms with Crippen LogP contribution >= 0.6 is 0 Å². The van der Waals surface area contributed by atoms with E-state index in [9.17, 15) is 13.6 Å². The second-order valence-corrected chi connectivity index (χ2v) is 4.32. The summed E-state index contributed by atoms with van der Waals surface area (Å²) in [5.74, 6) is -1.18. The topological polar surface area (TPSA) is 43.8 Å². The Balaban J connectivity index is 1.93. The Labute approximate surface area is 103 Å². The number of amides is 1. The molecule has 0 bridgehead atoms.